The van der Waals surface area contributed by atoms with Gasteiger partial charge in [-0.2, -0.15) is 0 Å². The molecule has 0 saturated carbocycles. The molecule has 0 aliphatic heterocycles. The van der Waals surface area contributed by atoms with Crippen LogP contribution in [0.3, 0.4) is 0 Å². The minimum atomic E-state index is -2.80. The van der Waals surface area contributed by atoms with Crippen LogP contribution in [0.15, 0.2) is 10.3 Å². The molecule has 1 heterocycles. The summed E-state index contributed by atoms with van der Waals surface area (Å²) in [6.07, 6.45) is -0.568. The SMILES string of the molecule is Cc1sc(S(N)(=O)=S)cc1C(C)O. The van der Waals surface area contributed by atoms with Crippen molar-refractivity contribution < 1.29 is 9.32 Å². The predicted octanol–water partition coefficient (Wildman–Crippen LogP) is 1.09. The molecule has 1 aromatic rings. The van der Waals surface area contributed by atoms with Gasteiger partial charge in [0, 0.05) is 16.1 Å². The molecular weight excluding hydrogens is 226 g/mol. The van der Waals surface area contributed by atoms with E-state index in [9.17, 15) is 9.32 Å². The lowest BCUT2D eigenvalue weighted by Crippen LogP contribution is -2.08. The summed E-state index contributed by atoms with van der Waals surface area (Å²) in [7, 11) is -2.80. The lowest BCUT2D eigenvalue weighted by molar-refractivity contribution is 0.199. The molecule has 0 aromatic carbocycles. The number of thiophene rings is 1. The van der Waals surface area contributed by atoms with E-state index in [1.165, 1.54) is 11.3 Å². The van der Waals surface area contributed by atoms with Crippen LogP contribution in [0.4, 0.5) is 0 Å². The molecule has 6 heteroatoms. The highest BCUT2D eigenvalue weighted by atomic mass is 32.8. The standard InChI is InChI=1S/C7H11NO2S3/c1-4(9)6-3-7(12-5(6)2)13(8,10)11/h3-4,9H,1-2H3,(H2,8,10,11). The molecule has 0 aliphatic rings. The molecule has 0 bridgehead atoms. The highest BCUT2D eigenvalue weighted by Gasteiger charge is 2.14. The van der Waals surface area contributed by atoms with E-state index in [2.05, 4.69) is 11.2 Å². The van der Waals surface area contributed by atoms with Gasteiger partial charge in [-0.05, 0) is 25.5 Å². The van der Waals surface area contributed by atoms with Crippen LogP contribution in [0.2, 0.25) is 0 Å². The van der Waals surface area contributed by atoms with Crippen molar-refractivity contribution in [3.8, 4) is 0 Å². The minimum Gasteiger partial charge on any atom is -0.389 e. The molecule has 0 fully saturated rings. The Bertz CT molecular complexity index is 405. The van der Waals surface area contributed by atoms with Gasteiger partial charge >= 0.3 is 0 Å². The van der Waals surface area contributed by atoms with Gasteiger partial charge in [-0.3, -0.25) is 0 Å². The van der Waals surface area contributed by atoms with Gasteiger partial charge in [0.15, 0.2) is 0 Å². The van der Waals surface area contributed by atoms with Gasteiger partial charge in [0.25, 0.3) is 0 Å². The molecule has 74 valence electrons. The van der Waals surface area contributed by atoms with Crippen molar-refractivity contribution in [1.82, 2.24) is 0 Å². The van der Waals surface area contributed by atoms with E-state index in [1.54, 1.807) is 13.0 Å². The second kappa shape index (κ2) is 3.62. The topological polar surface area (TPSA) is 63.3 Å². The van der Waals surface area contributed by atoms with Crippen LogP contribution in [0.25, 0.3) is 0 Å². The van der Waals surface area contributed by atoms with Crippen LogP contribution in [0.1, 0.15) is 23.5 Å². The summed E-state index contributed by atoms with van der Waals surface area (Å²) >= 11 is 5.93. The quantitative estimate of drug-likeness (QED) is 0.809. The maximum absolute atomic E-state index is 11.3. The monoisotopic (exact) mass is 237 g/mol. The third-order valence-electron chi connectivity index (χ3n) is 1.66. The van der Waals surface area contributed by atoms with Crippen molar-refractivity contribution >= 4 is 31.2 Å². The molecule has 0 aliphatic carbocycles. The fraction of sp³-hybridized carbons (Fsp3) is 0.429. The van der Waals surface area contributed by atoms with Crippen LogP contribution in [-0.2, 0) is 19.9 Å². The Balaban J connectivity index is 3.25. The summed E-state index contributed by atoms with van der Waals surface area (Å²) in [6, 6.07) is 1.62. The van der Waals surface area contributed by atoms with Crippen molar-refractivity contribution in [2.45, 2.75) is 24.2 Å². The summed E-state index contributed by atoms with van der Waals surface area (Å²) in [5.74, 6) is 0. The van der Waals surface area contributed by atoms with Gasteiger partial charge in [0.05, 0.1) is 6.10 Å². The second-order valence-electron chi connectivity index (χ2n) is 2.80. The molecule has 0 saturated heterocycles. The molecular formula is C7H11NO2S3. The fourth-order valence-electron chi connectivity index (χ4n) is 1.02. The van der Waals surface area contributed by atoms with Crippen LogP contribution in [0, 0.1) is 6.92 Å². The normalized spacial score (nSPS) is 18.2. The van der Waals surface area contributed by atoms with E-state index in [4.69, 9.17) is 5.14 Å². The molecule has 2 atom stereocenters. The van der Waals surface area contributed by atoms with Crippen molar-refractivity contribution in [2.24, 2.45) is 5.14 Å². The maximum atomic E-state index is 11.3. The third kappa shape index (κ3) is 2.47. The Hall–Kier alpha value is -0.0100. The fourth-order valence-corrected chi connectivity index (χ4v) is 3.44. The number of rotatable bonds is 2. The highest BCUT2D eigenvalue weighted by molar-refractivity contribution is 8.32. The van der Waals surface area contributed by atoms with E-state index in [0.717, 1.165) is 10.4 Å². The zero-order valence-corrected chi connectivity index (χ0v) is 9.76. The Morgan fingerprint density at radius 3 is 2.54 bits per heavy atom. The Morgan fingerprint density at radius 1 is 1.77 bits per heavy atom. The maximum Gasteiger partial charge on any atom is 0.126 e. The zero-order valence-electron chi connectivity index (χ0n) is 7.31. The van der Waals surface area contributed by atoms with E-state index in [1.807, 2.05) is 6.92 Å². The van der Waals surface area contributed by atoms with Gasteiger partial charge in [-0.15, -0.1) is 11.3 Å². The molecule has 1 aromatic heterocycles. The van der Waals surface area contributed by atoms with Gasteiger partial charge in [0.1, 0.15) is 12.9 Å². The third-order valence-corrected chi connectivity index (χ3v) is 5.05. The summed E-state index contributed by atoms with van der Waals surface area (Å²) in [4.78, 5) is 0.910. The minimum absolute atomic E-state index is 0.468. The summed E-state index contributed by atoms with van der Waals surface area (Å²) in [5.41, 5.74) is 0.753. The van der Waals surface area contributed by atoms with Gasteiger partial charge in [-0.1, -0.05) is 0 Å². The summed E-state index contributed by atoms with van der Waals surface area (Å²) < 4.78 is 11.8. The van der Waals surface area contributed by atoms with Gasteiger partial charge < -0.3 is 5.11 Å². The number of nitrogens with two attached hydrogens (primary N) is 1. The van der Waals surface area contributed by atoms with Gasteiger partial charge in [0.2, 0.25) is 0 Å². The van der Waals surface area contributed by atoms with Crippen LogP contribution < -0.4 is 5.14 Å². The summed E-state index contributed by atoms with van der Waals surface area (Å²) in [5, 5.41) is 14.6. The molecule has 3 nitrogen and oxygen atoms in total. The number of aliphatic hydroxyl groups excluding tert-OH is 1. The van der Waals surface area contributed by atoms with Crippen molar-refractivity contribution in [3.05, 3.63) is 16.5 Å². The van der Waals surface area contributed by atoms with Gasteiger partial charge in [-0.25, -0.2) is 9.35 Å². The van der Waals surface area contributed by atoms with Crippen LogP contribution in [0.5, 0.6) is 0 Å². The van der Waals surface area contributed by atoms with E-state index in [-0.39, 0.29) is 0 Å². The first-order valence-electron chi connectivity index (χ1n) is 3.63. The van der Waals surface area contributed by atoms with E-state index in [0.29, 0.717) is 4.21 Å². The predicted molar refractivity (Wildman–Crippen MR) is 57.7 cm³/mol. The lowest BCUT2D eigenvalue weighted by Gasteiger charge is -2.00. The Kier molecular flexibility index (Phi) is 3.09. The molecule has 1 rings (SSSR count). The average molecular weight is 237 g/mol. The second-order valence-corrected chi connectivity index (χ2v) is 7.33. The van der Waals surface area contributed by atoms with Crippen molar-refractivity contribution in [1.29, 1.82) is 0 Å². The van der Waals surface area contributed by atoms with Crippen LogP contribution in [-0.4, -0.2) is 9.32 Å². The first kappa shape index (κ1) is 11.1. The molecule has 3 N–H and O–H groups in total. The molecule has 0 radical (unpaired) electrons. The zero-order chi connectivity index (χ0) is 10.2. The van der Waals surface area contributed by atoms with E-state index >= 15 is 0 Å². The molecule has 0 amide bonds. The lowest BCUT2D eigenvalue weighted by atomic mass is 10.2. The molecule has 0 spiro atoms. The average Bonchev–Trinajstić information content (AvgIpc) is 2.29. The van der Waals surface area contributed by atoms with Crippen molar-refractivity contribution in [3.63, 3.8) is 0 Å². The Labute approximate surface area is 86.4 Å². The number of aliphatic hydroxyl groups is 1. The first-order chi connectivity index (χ1) is 5.82. The smallest absolute Gasteiger partial charge is 0.126 e. The molecule has 2 unspecified atom stereocenters. The number of hydrogen-bond donors (Lipinski definition) is 2. The summed E-state index contributed by atoms with van der Waals surface area (Å²) in [6.45, 7) is 3.50. The van der Waals surface area contributed by atoms with Crippen LogP contribution >= 0.6 is 11.3 Å². The Morgan fingerprint density at radius 2 is 2.31 bits per heavy atom. The largest absolute Gasteiger partial charge is 0.389 e. The first-order valence-corrected chi connectivity index (χ1v) is 7.00. The highest BCUT2D eigenvalue weighted by Crippen LogP contribution is 2.28. The number of hydrogen-bond acceptors (Lipinski definition) is 4. The number of aryl methyl sites for hydroxylation is 1. The van der Waals surface area contributed by atoms with Crippen molar-refractivity contribution in [2.75, 3.05) is 0 Å². The molecule has 13 heavy (non-hydrogen) atoms. The van der Waals surface area contributed by atoms with E-state index < -0.39 is 14.8 Å².